The lowest BCUT2D eigenvalue weighted by atomic mass is 10.1. The van der Waals surface area contributed by atoms with E-state index in [1.807, 2.05) is 18.2 Å². The van der Waals surface area contributed by atoms with E-state index in [1.54, 1.807) is 7.11 Å². The molecule has 0 N–H and O–H groups in total. The number of halogens is 1. The number of hydrogen-bond donors (Lipinski definition) is 0. The molecule has 0 radical (unpaired) electrons. The molecule has 2 heteroatoms. The number of hydrogen-bond acceptors (Lipinski definition) is 1. The normalized spacial score (nSPS) is 9.89. The second-order valence-corrected chi connectivity index (χ2v) is 4.40. The van der Waals surface area contributed by atoms with Crippen molar-refractivity contribution in [2.75, 3.05) is 13.0 Å². The summed E-state index contributed by atoms with van der Waals surface area (Å²) in [6, 6.07) is 12.3. The van der Waals surface area contributed by atoms with Crippen molar-refractivity contribution in [3.63, 3.8) is 0 Å². The molecule has 0 saturated carbocycles. The highest BCUT2D eigenvalue weighted by Crippen LogP contribution is 2.21. The zero-order valence-electron chi connectivity index (χ0n) is 10.4. The first-order chi connectivity index (χ1) is 8.83. The number of rotatable bonds is 3. The van der Waals surface area contributed by atoms with Crippen molar-refractivity contribution < 1.29 is 4.74 Å². The Morgan fingerprint density at radius 3 is 2.67 bits per heavy atom. The van der Waals surface area contributed by atoms with Gasteiger partial charge in [0.25, 0.3) is 0 Å². The van der Waals surface area contributed by atoms with Gasteiger partial charge >= 0.3 is 0 Å². The van der Waals surface area contributed by atoms with E-state index in [0.717, 1.165) is 24.2 Å². The van der Waals surface area contributed by atoms with Crippen molar-refractivity contribution in [1.82, 2.24) is 0 Å². The van der Waals surface area contributed by atoms with Gasteiger partial charge in [0.1, 0.15) is 5.75 Å². The first-order valence-electron chi connectivity index (χ1n) is 5.96. The Kier molecular flexibility index (Phi) is 4.50. The zero-order valence-corrected chi connectivity index (χ0v) is 11.1. The van der Waals surface area contributed by atoms with E-state index >= 15 is 0 Å². The van der Waals surface area contributed by atoms with Crippen LogP contribution in [0.4, 0.5) is 0 Å². The van der Waals surface area contributed by atoms with Crippen LogP contribution in [0.1, 0.15) is 18.4 Å². The van der Waals surface area contributed by atoms with E-state index in [1.165, 1.54) is 10.8 Å². The highest BCUT2D eigenvalue weighted by atomic mass is 35.5. The van der Waals surface area contributed by atoms with Crippen LogP contribution in [0.3, 0.4) is 0 Å². The summed E-state index contributed by atoms with van der Waals surface area (Å²) in [5.74, 6) is 7.84. The maximum atomic E-state index is 5.61. The van der Waals surface area contributed by atoms with Gasteiger partial charge in [-0.05, 0) is 41.5 Å². The number of benzene rings is 2. The number of alkyl halides is 1. The number of fused-ring (bicyclic) bond motifs is 1. The summed E-state index contributed by atoms with van der Waals surface area (Å²) < 4.78 is 5.20. The molecule has 0 aliphatic carbocycles. The number of ether oxygens (including phenoxy) is 1. The zero-order chi connectivity index (χ0) is 12.8. The fourth-order valence-corrected chi connectivity index (χ4v) is 1.88. The van der Waals surface area contributed by atoms with Gasteiger partial charge in [-0.25, -0.2) is 0 Å². The van der Waals surface area contributed by atoms with Crippen molar-refractivity contribution >= 4 is 22.4 Å². The van der Waals surface area contributed by atoms with E-state index in [9.17, 15) is 0 Å². The van der Waals surface area contributed by atoms with Crippen LogP contribution in [0.15, 0.2) is 36.4 Å². The molecular formula is C16H15ClO. The lowest BCUT2D eigenvalue weighted by Crippen LogP contribution is -1.83. The lowest BCUT2D eigenvalue weighted by molar-refractivity contribution is 0.415. The minimum absolute atomic E-state index is 0.673. The third kappa shape index (κ3) is 3.18. The van der Waals surface area contributed by atoms with Gasteiger partial charge in [0.2, 0.25) is 0 Å². The minimum Gasteiger partial charge on any atom is -0.497 e. The van der Waals surface area contributed by atoms with E-state index in [0.29, 0.717) is 5.88 Å². The van der Waals surface area contributed by atoms with Gasteiger partial charge in [0.05, 0.1) is 7.11 Å². The molecule has 2 aromatic carbocycles. The van der Waals surface area contributed by atoms with Gasteiger partial charge in [-0.15, -0.1) is 11.6 Å². The number of unbranched alkanes of at least 4 members (excludes halogenated alkanes) is 1. The summed E-state index contributed by atoms with van der Waals surface area (Å²) in [4.78, 5) is 0. The Morgan fingerprint density at radius 1 is 1.11 bits per heavy atom. The summed E-state index contributed by atoms with van der Waals surface area (Å²) in [7, 11) is 1.68. The fraction of sp³-hybridized carbons (Fsp3) is 0.250. The highest BCUT2D eigenvalue weighted by molar-refractivity contribution is 6.17. The molecule has 18 heavy (non-hydrogen) atoms. The third-order valence-corrected chi connectivity index (χ3v) is 2.98. The topological polar surface area (TPSA) is 9.23 Å². The van der Waals surface area contributed by atoms with Gasteiger partial charge in [0, 0.05) is 17.9 Å². The highest BCUT2D eigenvalue weighted by Gasteiger charge is 1.97. The van der Waals surface area contributed by atoms with Crippen LogP contribution >= 0.6 is 11.6 Å². The van der Waals surface area contributed by atoms with Gasteiger partial charge in [-0.2, -0.15) is 0 Å². The molecule has 0 amide bonds. The number of methoxy groups -OCH3 is 1. The predicted octanol–water partition coefficient (Wildman–Crippen LogP) is 4.22. The molecule has 2 aromatic rings. The molecule has 0 aliphatic rings. The third-order valence-electron chi connectivity index (χ3n) is 2.72. The Balaban J connectivity index is 2.24. The Bertz CT molecular complexity index is 593. The van der Waals surface area contributed by atoms with Gasteiger partial charge in [-0.1, -0.05) is 24.0 Å². The second-order valence-electron chi connectivity index (χ2n) is 4.02. The quantitative estimate of drug-likeness (QED) is 0.455. The minimum atomic E-state index is 0.673. The van der Waals surface area contributed by atoms with Crippen molar-refractivity contribution in [1.29, 1.82) is 0 Å². The molecule has 0 saturated heterocycles. The molecule has 0 spiro atoms. The smallest absolute Gasteiger partial charge is 0.119 e. The average Bonchev–Trinajstić information content (AvgIpc) is 2.43. The Morgan fingerprint density at radius 2 is 1.89 bits per heavy atom. The summed E-state index contributed by atoms with van der Waals surface area (Å²) in [5, 5.41) is 2.35. The van der Waals surface area contributed by atoms with Crippen LogP contribution in [0.25, 0.3) is 10.8 Å². The molecule has 2 rings (SSSR count). The average molecular weight is 259 g/mol. The SMILES string of the molecule is COc1ccc2cc(C#CCCCCl)ccc2c1. The Hall–Kier alpha value is -1.65. The molecule has 0 unspecified atom stereocenters. The van der Waals surface area contributed by atoms with Crippen LogP contribution < -0.4 is 4.74 Å². The lowest BCUT2D eigenvalue weighted by Gasteiger charge is -2.02. The maximum Gasteiger partial charge on any atom is 0.119 e. The summed E-state index contributed by atoms with van der Waals surface area (Å²) >= 11 is 5.61. The molecule has 0 fully saturated rings. The largest absolute Gasteiger partial charge is 0.497 e. The standard InChI is InChI=1S/C16H15ClO/c1-18-16-9-8-14-11-13(5-3-2-4-10-17)6-7-15(14)12-16/h6-9,11-12H,2,4,10H2,1H3. The molecule has 1 nitrogen and oxygen atoms in total. The molecule has 0 heterocycles. The van der Waals surface area contributed by atoms with Gasteiger partial charge in [-0.3, -0.25) is 0 Å². The summed E-state index contributed by atoms with van der Waals surface area (Å²) in [6.45, 7) is 0. The maximum absolute atomic E-state index is 5.61. The monoisotopic (exact) mass is 258 g/mol. The van der Waals surface area contributed by atoms with Crippen molar-refractivity contribution in [2.24, 2.45) is 0 Å². The first-order valence-corrected chi connectivity index (χ1v) is 6.49. The van der Waals surface area contributed by atoms with Crippen molar-refractivity contribution in [2.45, 2.75) is 12.8 Å². The van der Waals surface area contributed by atoms with Crippen LogP contribution in [0.5, 0.6) is 5.75 Å². The molecular weight excluding hydrogens is 244 g/mol. The summed E-state index contributed by atoms with van der Waals surface area (Å²) in [5.41, 5.74) is 1.04. The van der Waals surface area contributed by atoms with E-state index < -0.39 is 0 Å². The second kappa shape index (κ2) is 6.33. The van der Waals surface area contributed by atoms with Gasteiger partial charge in [0.15, 0.2) is 0 Å². The Labute approximate surface area is 113 Å². The molecule has 0 aromatic heterocycles. The molecule has 92 valence electrons. The molecule has 0 aliphatic heterocycles. The van der Waals surface area contributed by atoms with Crippen LogP contribution in [0, 0.1) is 11.8 Å². The van der Waals surface area contributed by atoms with Crippen LogP contribution in [-0.4, -0.2) is 13.0 Å². The van der Waals surface area contributed by atoms with Crippen LogP contribution in [0.2, 0.25) is 0 Å². The van der Waals surface area contributed by atoms with E-state index in [4.69, 9.17) is 16.3 Å². The summed E-state index contributed by atoms with van der Waals surface area (Å²) in [6.07, 6.45) is 1.80. The van der Waals surface area contributed by atoms with Crippen molar-refractivity contribution in [3.8, 4) is 17.6 Å². The van der Waals surface area contributed by atoms with E-state index in [2.05, 4.69) is 30.0 Å². The molecule has 0 bridgehead atoms. The van der Waals surface area contributed by atoms with Gasteiger partial charge < -0.3 is 4.74 Å². The molecule has 0 atom stereocenters. The van der Waals surface area contributed by atoms with Crippen molar-refractivity contribution in [3.05, 3.63) is 42.0 Å². The fourth-order valence-electron chi connectivity index (χ4n) is 1.75. The van der Waals surface area contributed by atoms with E-state index in [-0.39, 0.29) is 0 Å². The first kappa shape index (κ1) is 12.8. The predicted molar refractivity (Wildman–Crippen MR) is 77.3 cm³/mol. The van der Waals surface area contributed by atoms with Crippen LogP contribution in [-0.2, 0) is 0 Å².